The van der Waals surface area contributed by atoms with Crippen molar-refractivity contribution in [1.82, 2.24) is 15.1 Å². The molecule has 24 heavy (non-hydrogen) atoms. The van der Waals surface area contributed by atoms with Crippen molar-refractivity contribution < 1.29 is 19.1 Å². The zero-order valence-corrected chi connectivity index (χ0v) is 15.3. The second-order valence-electron chi connectivity index (χ2n) is 6.21. The van der Waals surface area contributed by atoms with Gasteiger partial charge in [-0.25, -0.2) is 4.79 Å². The predicted octanol–water partition coefficient (Wildman–Crippen LogP) is 1.51. The maximum absolute atomic E-state index is 11.8. The minimum atomic E-state index is -0.194. The number of likely N-dealkylation sites (tertiary alicyclic amines) is 1. The fourth-order valence-corrected chi connectivity index (χ4v) is 3.37. The van der Waals surface area contributed by atoms with E-state index in [1.165, 1.54) is 0 Å². The zero-order chi connectivity index (χ0) is 17.5. The van der Waals surface area contributed by atoms with Crippen molar-refractivity contribution in [3.63, 3.8) is 0 Å². The molecule has 0 aliphatic carbocycles. The molecule has 0 radical (unpaired) electrons. The van der Waals surface area contributed by atoms with E-state index in [0.717, 1.165) is 31.0 Å². The van der Waals surface area contributed by atoms with Gasteiger partial charge in [-0.05, 0) is 45.3 Å². The normalized spacial score (nSPS) is 21.6. The molecule has 1 amide bonds. The Labute approximate surface area is 148 Å². The zero-order valence-electron chi connectivity index (χ0n) is 14.5. The number of amides is 1. The molecule has 1 N–H and O–H groups in total. The Hall–Kier alpha value is -1.57. The smallest absolute Gasteiger partial charge is 0.410 e. The summed E-state index contributed by atoms with van der Waals surface area (Å²) >= 11 is 5.41. The lowest BCUT2D eigenvalue weighted by atomic mass is 10.0. The average Bonchev–Trinajstić information content (AvgIpc) is 2.90. The van der Waals surface area contributed by atoms with Gasteiger partial charge in [-0.15, -0.1) is 0 Å². The number of cyclic esters (lactones) is 1. The highest BCUT2D eigenvalue weighted by atomic mass is 32.1. The van der Waals surface area contributed by atoms with Gasteiger partial charge in [0.05, 0.1) is 13.2 Å². The van der Waals surface area contributed by atoms with Gasteiger partial charge >= 0.3 is 12.1 Å². The summed E-state index contributed by atoms with van der Waals surface area (Å²) in [5, 5.41) is 3.91. The highest BCUT2D eigenvalue weighted by molar-refractivity contribution is 7.80. The Balaban J connectivity index is 1.64. The Kier molecular flexibility index (Phi) is 7.08. The maximum Gasteiger partial charge on any atom is 0.410 e. The average molecular weight is 357 g/mol. The third kappa shape index (κ3) is 5.22. The molecule has 0 spiro atoms. The van der Waals surface area contributed by atoms with Crippen molar-refractivity contribution in [2.24, 2.45) is 0 Å². The molecule has 0 aromatic heterocycles. The van der Waals surface area contributed by atoms with Crippen molar-refractivity contribution in [2.45, 2.75) is 51.7 Å². The van der Waals surface area contributed by atoms with Crippen molar-refractivity contribution in [1.29, 1.82) is 0 Å². The molecule has 7 nitrogen and oxygen atoms in total. The van der Waals surface area contributed by atoms with Crippen molar-refractivity contribution >= 4 is 29.4 Å². The first kappa shape index (κ1) is 18.8. The quantitative estimate of drug-likeness (QED) is 0.439. The van der Waals surface area contributed by atoms with Crippen LogP contribution in [-0.2, 0) is 14.3 Å². The van der Waals surface area contributed by atoms with Crippen LogP contribution in [0.5, 0.6) is 0 Å². The maximum atomic E-state index is 11.8. The molecule has 2 aliphatic heterocycles. The number of carbonyl (C=O) groups is 2. The third-order valence-electron chi connectivity index (χ3n) is 4.32. The van der Waals surface area contributed by atoms with Crippen LogP contribution in [0.1, 0.15) is 39.5 Å². The van der Waals surface area contributed by atoms with E-state index >= 15 is 0 Å². The van der Waals surface area contributed by atoms with Gasteiger partial charge in [-0.2, -0.15) is 0 Å². The highest BCUT2D eigenvalue weighted by Gasteiger charge is 2.35. The molecule has 2 heterocycles. The van der Waals surface area contributed by atoms with Crippen molar-refractivity contribution in [2.75, 3.05) is 32.8 Å². The second kappa shape index (κ2) is 9.05. The van der Waals surface area contributed by atoms with E-state index in [1.54, 1.807) is 6.92 Å². The third-order valence-corrected chi connectivity index (χ3v) is 4.72. The number of hydrogen-bond donors (Lipinski definition) is 1. The van der Waals surface area contributed by atoms with E-state index < -0.39 is 0 Å². The Morgan fingerprint density at radius 3 is 2.71 bits per heavy atom. The lowest BCUT2D eigenvalue weighted by molar-refractivity contribution is -0.143. The Morgan fingerprint density at radius 1 is 1.42 bits per heavy atom. The van der Waals surface area contributed by atoms with Crippen LogP contribution in [0.2, 0.25) is 0 Å². The number of esters is 1. The molecular formula is C16H27N3O4S. The number of ether oxygens (including phenoxy) is 2. The minimum absolute atomic E-state index is 0.0160. The van der Waals surface area contributed by atoms with Gasteiger partial charge in [-0.3, -0.25) is 4.79 Å². The van der Waals surface area contributed by atoms with Crippen LogP contribution in [0.3, 0.4) is 0 Å². The van der Waals surface area contributed by atoms with E-state index in [0.29, 0.717) is 32.5 Å². The lowest BCUT2D eigenvalue weighted by Gasteiger charge is -2.36. The van der Waals surface area contributed by atoms with E-state index in [9.17, 15) is 9.59 Å². The summed E-state index contributed by atoms with van der Waals surface area (Å²) in [5.41, 5.74) is 0. The summed E-state index contributed by atoms with van der Waals surface area (Å²) in [7, 11) is 0. The summed E-state index contributed by atoms with van der Waals surface area (Å²) in [4.78, 5) is 27.0. The summed E-state index contributed by atoms with van der Waals surface area (Å²) in [5.74, 6) is -0.169. The largest absolute Gasteiger partial charge is 0.466 e. The highest BCUT2D eigenvalue weighted by Crippen LogP contribution is 2.22. The Morgan fingerprint density at radius 2 is 2.12 bits per heavy atom. The molecule has 0 bridgehead atoms. The molecule has 136 valence electrons. The standard InChI is InChI=1S/C16H27N3O4S/c1-3-22-14(20)5-4-8-17-15(24)18-9-6-13(7-10-18)19-11-12(2)23-16(19)21/h12-13H,3-11H2,1-2H3,(H,17,24). The topological polar surface area (TPSA) is 71.1 Å². The van der Waals surface area contributed by atoms with Crippen LogP contribution in [0.4, 0.5) is 4.79 Å². The molecule has 1 unspecified atom stereocenters. The molecule has 0 aromatic rings. The van der Waals surface area contributed by atoms with Crippen molar-refractivity contribution in [3.05, 3.63) is 0 Å². The van der Waals surface area contributed by atoms with E-state index in [2.05, 4.69) is 10.2 Å². The monoisotopic (exact) mass is 357 g/mol. The fourth-order valence-electron chi connectivity index (χ4n) is 3.08. The molecule has 2 aliphatic rings. The van der Waals surface area contributed by atoms with Crippen LogP contribution in [0, 0.1) is 0 Å². The molecule has 2 saturated heterocycles. The van der Waals surface area contributed by atoms with Crippen LogP contribution in [-0.4, -0.2) is 71.9 Å². The lowest BCUT2D eigenvalue weighted by Crippen LogP contribution is -2.49. The van der Waals surface area contributed by atoms with E-state index in [4.69, 9.17) is 21.7 Å². The summed E-state index contributed by atoms with van der Waals surface area (Å²) < 4.78 is 10.1. The first-order valence-corrected chi connectivity index (χ1v) is 9.07. The molecule has 0 saturated carbocycles. The molecular weight excluding hydrogens is 330 g/mol. The number of nitrogens with one attached hydrogen (secondary N) is 1. The summed E-state index contributed by atoms with van der Waals surface area (Å²) in [6.45, 7) is 7.13. The van der Waals surface area contributed by atoms with Gasteiger partial charge in [0, 0.05) is 32.1 Å². The van der Waals surface area contributed by atoms with Crippen LogP contribution >= 0.6 is 12.2 Å². The predicted molar refractivity (Wildman–Crippen MR) is 93.7 cm³/mol. The van der Waals surface area contributed by atoms with Gasteiger partial charge in [0.15, 0.2) is 5.11 Å². The number of nitrogens with zero attached hydrogens (tertiary/aromatic N) is 2. The number of rotatable bonds is 6. The number of carbonyl (C=O) groups excluding carboxylic acids is 2. The number of hydrogen-bond acceptors (Lipinski definition) is 5. The van der Waals surface area contributed by atoms with Gasteiger partial charge in [0.2, 0.25) is 0 Å². The van der Waals surface area contributed by atoms with Crippen LogP contribution in [0.25, 0.3) is 0 Å². The first-order chi connectivity index (χ1) is 11.5. The van der Waals surface area contributed by atoms with E-state index in [-0.39, 0.29) is 24.2 Å². The summed E-state index contributed by atoms with van der Waals surface area (Å²) in [6, 6.07) is 0.241. The van der Waals surface area contributed by atoms with Gasteiger partial charge in [-0.1, -0.05) is 0 Å². The Bertz CT molecular complexity index is 466. The van der Waals surface area contributed by atoms with E-state index in [1.807, 2.05) is 11.8 Å². The first-order valence-electron chi connectivity index (χ1n) is 8.67. The molecule has 1 atom stereocenters. The van der Waals surface area contributed by atoms with Gasteiger partial charge in [0.25, 0.3) is 0 Å². The fraction of sp³-hybridized carbons (Fsp3) is 0.812. The molecule has 0 aromatic carbocycles. The number of piperidine rings is 1. The molecule has 8 heteroatoms. The SMILES string of the molecule is CCOC(=O)CCCNC(=S)N1CCC(N2CC(C)OC2=O)CC1. The van der Waals surface area contributed by atoms with Crippen LogP contribution in [0.15, 0.2) is 0 Å². The summed E-state index contributed by atoms with van der Waals surface area (Å²) in [6.07, 6.45) is 2.69. The van der Waals surface area contributed by atoms with Gasteiger partial charge < -0.3 is 24.6 Å². The van der Waals surface area contributed by atoms with Crippen LogP contribution < -0.4 is 5.32 Å². The van der Waals surface area contributed by atoms with Crippen molar-refractivity contribution in [3.8, 4) is 0 Å². The molecule has 2 rings (SSSR count). The second-order valence-corrected chi connectivity index (χ2v) is 6.59. The minimum Gasteiger partial charge on any atom is -0.466 e. The molecule has 2 fully saturated rings. The number of thiocarbonyl (C=S) groups is 1. The van der Waals surface area contributed by atoms with Gasteiger partial charge in [0.1, 0.15) is 6.10 Å².